The van der Waals surface area contributed by atoms with Crippen LogP contribution in [0.3, 0.4) is 0 Å². The molecule has 41 heavy (non-hydrogen) atoms. The lowest BCUT2D eigenvalue weighted by Gasteiger charge is -2.39. The van der Waals surface area contributed by atoms with Crippen molar-refractivity contribution >= 4 is 28.5 Å². The Bertz CT molecular complexity index is 1680. The van der Waals surface area contributed by atoms with Crippen LogP contribution < -0.4 is 16.0 Å². The van der Waals surface area contributed by atoms with Gasteiger partial charge in [0.25, 0.3) is 0 Å². The van der Waals surface area contributed by atoms with E-state index in [-0.39, 0.29) is 5.41 Å². The van der Waals surface area contributed by atoms with Crippen molar-refractivity contribution in [3.05, 3.63) is 72.9 Å². The van der Waals surface area contributed by atoms with Gasteiger partial charge in [0.2, 0.25) is 5.95 Å². The van der Waals surface area contributed by atoms with Crippen LogP contribution in [0, 0.1) is 11.3 Å². The third-order valence-corrected chi connectivity index (χ3v) is 8.30. The van der Waals surface area contributed by atoms with E-state index in [2.05, 4.69) is 49.8 Å². The average Bonchev–Trinajstić information content (AvgIpc) is 3.74. The number of pyridine rings is 2. The van der Waals surface area contributed by atoms with Crippen molar-refractivity contribution in [2.45, 2.75) is 39.0 Å². The minimum atomic E-state index is 0.213. The Kier molecular flexibility index (Phi) is 6.54. The van der Waals surface area contributed by atoms with E-state index >= 15 is 0 Å². The highest BCUT2D eigenvalue weighted by molar-refractivity contribution is 5.93. The molecule has 1 saturated carbocycles. The summed E-state index contributed by atoms with van der Waals surface area (Å²) in [6, 6.07) is 13.7. The molecule has 1 aliphatic carbocycles. The second-order valence-electron chi connectivity index (χ2n) is 11.7. The Labute approximate surface area is 239 Å². The van der Waals surface area contributed by atoms with Gasteiger partial charge in [-0.05, 0) is 72.9 Å². The van der Waals surface area contributed by atoms with E-state index in [0.717, 1.165) is 54.0 Å². The second-order valence-corrected chi connectivity index (χ2v) is 11.7. The first-order valence-corrected chi connectivity index (χ1v) is 14.3. The molecule has 0 bridgehead atoms. The quantitative estimate of drug-likeness (QED) is 0.237. The fourth-order valence-corrected chi connectivity index (χ4v) is 5.67. The van der Waals surface area contributed by atoms with Gasteiger partial charge in [0.05, 0.1) is 17.4 Å². The number of hydrogen-bond donors (Lipinski definition) is 3. The van der Waals surface area contributed by atoms with Crippen molar-refractivity contribution in [3.63, 3.8) is 0 Å². The Balaban J connectivity index is 1.20. The molecule has 3 N–H and O–H groups in total. The van der Waals surface area contributed by atoms with Crippen molar-refractivity contribution in [2.24, 2.45) is 11.3 Å². The molecule has 1 aliphatic heterocycles. The summed E-state index contributed by atoms with van der Waals surface area (Å²) < 4.78 is 1.73. The van der Waals surface area contributed by atoms with Crippen molar-refractivity contribution in [2.75, 3.05) is 30.3 Å². The van der Waals surface area contributed by atoms with Gasteiger partial charge in [-0.2, -0.15) is 4.98 Å². The molecule has 10 heteroatoms. The number of nitrogens with one attached hydrogen (secondary N) is 3. The number of piperidine rings is 1. The zero-order valence-electron chi connectivity index (χ0n) is 23.4. The standard InChI is InChI=1S/C31H34N10/c1-31(2)18-32-12-11-22(31)15-35-29-27-24(20-8-9-20)16-33-17-25(27)37-28(39-29)21-10-13-34-26(14-21)38-30-36-19-41(40-30)23-6-4-3-5-7-23/h3-7,10,13-14,16-17,19-20,22,32H,8-9,11-12,15,18H2,1-2H3,(H,34,38,40)(H,35,37,39). The number of rotatable bonds is 8. The van der Waals surface area contributed by atoms with Gasteiger partial charge in [-0.25, -0.2) is 19.6 Å². The number of benzene rings is 1. The van der Waals surface area contributed by atoms with E-state index in [0.29, 0.717) is 29.4 Å². The van der Waals surface area contributed by atoms with Gasteiger partial charge in [-0.3, -0.25) is 4.98 Å². The molecular formula is C31H34N10. The SMILES string of the molecule is CC1(C)CNCCC1CNc1nc(-c2ccnc(Nc3ncn(-c4ccccc4)n3)c2)nc2cncc(C3CC3)c12. The molecule has 1 atom stereocenters. The predicted molar refractivity (Wildman–Crippen MR) is 160 cm³/mol. The van der Waals surface area contributed by atoms with Crippen LogP contribution >= 0.6 is 0 Å². The Morgan fingerprint density at radius 3 is 2.73 bits per heavy atom. The van der Waals surface area contributed by atoms with Gasteiger partial charge >= 0.3 is 0 Å². The molecule has 7 rings (SSSR count). The summed E-state index contributed by atoms with van der Waals surface area (Å²) in [4.78, 5) is 23.5. The Morgan fingerprint density at radius 2 is 1.90 bits per heavy atom. The van der Waals surface area contributed by atoms with Crippen LogP contribution in [0.1, 0.15) is 44.6 Å². The number of hydrogen-bond acceptors (Lipinski definition) is 9. The summed E-state index contributed by atoms with van der Waals surface area (Å²) in [5, 5.41) is 16.2. The lowest BCUT2D eigenvalue weighted by atomic mass is 9.74. The van der Waals surface area contributed by atoms with E-state index in [9.17, 15) is 0 Å². The van der Waals surface area contributed by atoms with Gasteiger partial charge in [-0.15, -0.1) is 5.10 Å². The summed E-state index contributed by atoms with van der Waals surface area (Å²) in [7, 11) is 0. The third kappa shape index (κ3) is 5.35. The van der Waals surface area contributed by atoms with Crippen molar-refractivity contribution in [1.29, 1.82) is 0 Å². The molecule has 10 nitrogen and oxygen atoms in total. The molecule has 5 heterocycles. The Morgan fingerprint density at radius 1 is 1.02 bits per heavy atom. The molecule has 5 aromatic rings. The number of fused-ring (bicyclic) bond motifs is 1. The van der Waals surface area contributed by atoms with Crippen LogP contribution in [0.25, 0.3) is 28.0 Å². The summed E-state index contributed by atoms with van der Waals surface area (Å²) in [6.45, 7) is 7.63. The molecule has 1 aromatic carbocycles. The lowest BCUT2D eigenvalue weighted by molar-refractivity contribution is 0.166. The predicted octanol–water partition coefficient (Wildman–Crippen LogP) is 5.34. The lowest BCUT2D eigenvalue weighted by Crippen LogP contribution is -2.45. The average molecular weight is 547 g/mol. The highest BCUT2D eigenvalue weighted by Crippen LogP contribution is 2.44. The molecule has 2 aliphatic rings. The smallest absolute Gasteiger partial charge is 0.248 e. The molecule has 0 spiro atoms. The van der Waals surface area contributed by atoms with Crippen LogP contribution in [0.4, 0.5) is 17.6 Å². The molecule has 4 aromatic heterocycles. The van der Waals surface area contributed by atoms with Crippen molar-refractivity contribution in [1.82, 2.24) is 40.0 Å². The van der Waals surface area contributed by atoms with Crippen LogP contribution in [0.2, 0.25) is 0 Å². The maximum Gasteiger partial charge on any atom is 0.248 e. The molecule has 1 unspecified atom stereocenters. The summed E-state index contributed by atoms with van der Waals surface area (Å²) >= 11 is 0. The molecule has 0 radical (unpaired) electrons. The molecular weight excluding hydrogens is 512 g/mol. The first-order valence-electron chi connectivity index (χ1n) is 14.3. The van der Waals surface area contributed by atoms with Gasteiger partial charge in [-0.1, -0.05) is 32.0 Å². The summed E-state index contributed by atoms with van der Waals surface area (Å²) in [5.41, 5.74) is 4.12. The minimum absolute atomic E-state index is 0.213. The van der Waals surface area contributed by atoms with Crippen molar-refractivity contribution in [3.8, 4) is 17.1 Å². The highest BCUT2D eigenvalue weighted by Gasteiger charge is 2.33. The van der Waals surface area contributed by atoms with Crippen LogP contribution in [0.15, 0.2) is 67.4 Å². The molecule has 2 fully saturated rings. The third-order valence-electron chi connectivity index (χ3n) is 8.30. The second kappa shape index (κ2) is 10.5. The number of para-hydroxylation sites is 1. The normalized spacial score (nSPS) is 18.3. The van der Waals surface area contributed by atoms with E-state index in [1.807, 2.05) is 54.9 Å². The number of aromatic nitrogens is 7. The first-order chi connectivity index (χ1) is 20.0. The van der Waals surface area contributed by atoms with E-state index in [1.54, 1.807) is 17.2 Å². The largest absolute Gasteiger partial charge is 0.369 e. The fraction of sp³-hybridized carbons (Fsp3) is 0.355. The van der Waals surface area contributed by atoms with Gasteiger partial charge in [0.1, 0.15) is 18.0 Å². The molecule has 208 valence electrons. The van der Waals surface area contributed by atoms with Crippen molar-refractivity contribution < 1.29 is 0 Å². The fourth-order valence-electron chi connectivity index (χ4n) is 5.67. The van der Waals surface area contributed by atoms with E-state index < -0.39 is 0 Å². The zero-order valence-corrected chi connectivity index (χ0v) is 23.4. The van der Waals surface area contributed by atoms with Crippen LogP contribution in [-0.4, -0.2) is 54.3 Å². The molecule has 1 saturated heterocycles. The maximum atomic E-state index is 5.11. The van der Waals surface area contributed by atoms with E-state index in [4.69, 9.17) is 9.97 Å². The monoisotopic (exact) mass is 546 g/mol. The van der Waals surface area contributed by atoms with Crippen LogP contribution in [0.5, 0.6) is 0 Å². The first kappa shape index (κ1) is 25.5. The maximum absolute atomic E-state index is 5.11. The van der Waals surface area contributed by atoms with Crippen LogP contribution in [-0.2, 0) is 0 Å². The van der Waals surface area contributed by atoms with E-state index in [1.165, 1.54) is 18.4 Å². The number of anilines is 3. The highest BCUT2D eigenvalue weighted by atomic mass is 15.4. The minimum Gasteiger partial charge on any atom is -0.369 e. The summed E-state index contributed by atoms with van der Waals surface area (Å²) in [6.07, 6.45) is 10.8. The number of nitrogens with zero attached hydrogens (tertiary/aromatic N) is 7. The van der Waals surface area contributed by atoms with Gasteiger partial charge in [0.15, 0.2) is 5.82 Å². The topological polar surface area (TPSA) is 118 Å². The van der Waals surface area contributed by atoms with Gasteiger partial charge in [0, 0.05) is 36.4 Å². The zero-order chi connectivity index (χ0) is 27.8. The van der Waals surface area contributed by atoms with Gasteiger partial charge < -0.3 is 16.0 Å². The molecule has 0 amide bonds. The Hall–Kier alpha value is -4.44. The summed E-state index contributed by atoms with van der Waals surface area (Å²) in [5.74, 6) is 3.68.